The van der Waals surface area contributed by atoms with Gasteiger partial charge in [-0.25, -0.2) is 4.98 Å². The number of aromatic nitrogens is 3. The van der Waals surface area contributed by atoms with Crippen molar-refractivity contribution in [3.8, 4) is 0 Å². The minimum atomic E-state index is 0.520. The average Bonchev–Trinajstić information content (AvgIpc) is 3.23. The van der Waals surface area contributed by atoms with Crippen LogP contribution >= 0.6 is 0 Å². The molecule has 146 valence electrons. The fourth-order valence-electron chi connectivity index (χ4n) is 4.92. The second-order valence-corrected chi connectivity index (χ2v) is 8.67. The zero-order valence-electron chi connectivity index (χ0n) is 16.9. The molecule has 1 aromatic carbocycles. The average molecular weight is 376 g/mol. The fourth-order valence-corrected chi connectivity index (χ4v) is 4.92. The molecule has 1 aliphatic heterocycles. The summed E-state index contributed by atoms with van der Waals surface area (Å²) < 4.78 is 2.15. The number of hydrogen-bond acceptors (Lipinski definition) is 4. The summed E-state index contributed by atoms with van der Waals surface area (Å²) in [5.41, 5.74) is 4.04. The molecule has 2 aromatic heterocycles. The lowest BCUT2D eigenvalue weighted by molar-refractivity contribution is 0.183. The summed E-state index contributed by atoms with van der Waals surface area (Å²) in [5, 5.41) is 4.76. The molecule has 1 unspecified atom stereocenters. The molecular weight excluding hydrogens is 346 g/mol. The molecule has 3 heterocycles. The Bertz CT molecular complexity index is 986. The summed E-state index contributed by atoms with van der Waals surface area (Å²) in [6, 6.07) is 11.7. The van der Waals surface area contributed by atoms with Gasteiger partial charge in [-0.15, -0.1) is 0 Å². The molecule has 2 fully saturated rings. The first-order valence-corrected chi connectivity index (χ1v) is 10.4. The van der Waals surface area contributed by atoms with Crippen LogP contribution in [0.4, 0.5) is 0 Å². The van der Waals surface area contributed by atoms with E-state index in [0.29, 0.717) is 11.5 Å². The third-order valence-corrected chi connectivity index (χ3v) is 6.73. The molecule has 3 aromatic rings. The van der Waals surface area contributed by atoms with Gasteiger partial charge < -0.3 is 9.88 Å². The molecule has 2 aliphatic rings. The number of imidazole rings is 1. The Kier molecular flexibility index (Phi) is 4.44. The van der Waals surface area contributed by atoms with E-state index in [0.717, 1.165) is 43.2 Å². The molecule has 1 aliphatic carbocycles. The van der Waals surface area contributed by atoms with E-state index in [1.54, 1.807) is 0 Å². The van der Waals surface area contributed by atoms with Crippen LogP contribution in [0.3, 0.4) is 0 Å². The van der Waals surface area contributed by atoms with Crippen LogP contribution in [0.1, 0.15) is 36.3 Å². The van der Waals surface area contributed by atoms with Gasteiger partial charge in [0.1, 0.15) is 5.82 Å². The van der Waals surface area contributed by atoms with Crippen LogP contribution in [0, 0.1) is 12.3 Å². The van der Waals surface area contributed by atoms with Gasteiger partial charge in [-0.05, 0) is 68.5 Å². The monoisotopic (exact) mass is 375 g/mol. The summed E-state index contributed by atoms with van der Waals surface area (Å²) in [7, 11) is 2.09. The lowest BCUT2D eigenvalue weighted by Gasteiger charge is -2.29. The van der Waals surface area contributed by atoms with Crippen LogP contribution in [-0.2, 0) is 20.1 Å². The fraction of sp³-hybridized carbons (Fsp3) is 0.478. The van der Waals surface area contributed by atoms with E-state index in [1.807, 2.05) is 19.3 Å². The first kappa shape index (κ1) is 17.8. The Morgan fingerprint density at radius 2 is 2.04 bits per heavy atom. The smallest absolute Gasteiger partial charge is 0.122 e. The van der Waals surface area contributed by atoms with Crippen LogP contribution in [0.25, 0.3) is 10.9 Å². The SMILES string of the molecule is Cc1ccc2cc(CN(Cc3nccn3C)C3CC34CCNCC4)ccc2n1. The second-order valence-electron chi connectivity index (χ2n) is 8.67. The van der Waals surface area contributed by atoms with Gasteiger partial charge >= 0.3 is 0 Å². The van der Waals surface area contributed by atoms with Crippen LogP contribution in [0.2, 0.25) is 0 Å². The summed E-state index contributed by atoms with van der Waals surface area (Å²) in [6.07, 6.45) is 7.88. The molecule has 5 heteroatoms. The second kappa shape index (κ2) is 6.98. The molecule has 0 radical (unpaired) electrons. The van der Waals surface area contributed by atoms with Crippen LogP contribution in [0.15, 0.2) is 42.7 Å². The van der Waals surface area contributed by atoms with Gasteiger partial charge in [0.15, 0.2) is 0 Å². The zero-order valence-corrected chi connectivity index (χ0v) is 16.9. The standard InChI is InChI=1S/C23H29N5/c1-17-3-5-19-13-18(4-6-20(19)26-17)15-28(16-22-25-11-12-27(22)2)21-14-23(21)7-9-24-10-8-23/h3-6,11-13,21,24H,7-10,14-16H2,1-2H3. The molecule has 1 spiro atoms. The molecular formula is C23H29N5. The third kappa shape index (κ3) is 3.33. The van der Waals surface area contributed by atoms with Crippen molar-refractivity contribution < 1.29 is 0 Å². The van der Waals surface area contributed by atoms with Crippen molar-refractivity contribution in [1.82, 2.24) is 24.8 Å². The van der Waals surface area contributed by atoms with Crippen molar-refractivity contribution in [1.29, 1.82) is 0 Å². The Hall–Kier alpha value is -2.24. The zero-order chi connectivity index (χ0) is 19.1. The van der Waals surface area contributed by atoms with E-state index in [-0.39, 0.29) is 0 Å². The van der Waals surface area contributed by atoms with Crippen molar-refractivity contribution in [2.24, 2.45) is 12.5 Å². The predicted molar refractivity (Wildman–Crippen MR) is 112 cm³/mol. The molecule has 1 saturated carbocycles. The number of fused-ring (bicyclic) bond motifs is 1. The number of benzene rings is 1. The molecule has 5 rings (SSSR count). The van der Waals surface area contributed by atoms with E-state index >= 15 is 0 Å². The van der Waals surface area contributed by atoms with Crippen molar-refractivity contribution in [2.75, 3.05) is 13.1 Å². The van der Waals surface area contributed by atoms with Gasteiger partial charge in [-0.2, -0.15) is 0 Å². The van der Waals surface area contributed by atoms with Crippen LogP contribution in [-0.4, -0.2) is 38.6 Å². The molecule has 0 bridgehead atoms. The highest BCUT2D eigenvalue weighted by atomic mass is 15.2. The summed E-state index contributed by atoms with van der Waals surface area (Å²) in [6.45, 7) is 6.25. The Balaban J connectivity index is 1.41. The van der Waals surface area contributed by atoms with Crippen molar-refractivity contribution in [3.63, 3.8) is 0 Å². The maximum Gasteiger partial charge on any atom is 0.122 e. The highest BCUT2D eigenvalue weighted by Crippen LogP contribution is 2.56. The van der Waals surface area contributed by atoms with Crippen molar-refractivity contribution >= 4 is 10.9 Å². The van der Waals surface area contributed by atoms with Gasteiger partial charge in [0, 0.05) is 43.1 Å². The maximum absolute atomic E-state index is 4.65. The van der Waals surface area contributed by atoms with Gasteiger partial charge in [0.25, 0.3) is 0 Å². The molecule has 1 N–H and O–H groups in total. The normalized spacial score (nSPS) is 20.9. The number of rotatable bonds is 5. The van der Waals surface area contributed by atoms with E-state index in [4.69, 9.17) is 0 Å². The van der Waals surface area contributed by atoms with Gasteiger partial charge in [-0.1, -0.05) is 12.1 Å². The van der Waals surface area contributed by atoms with E-state index in [2.05, 4.69) is 62.1 Å². The number of pyridine rings is 1. The maximum atomic E-state index is 4.65. The summed E-state index contributed by atoms with van der Waals surface area (Å²) in [5.74, 6) is 1.15. The molecule has 1 saturated heterocycles. The van der Waals surface area contributed by atoms with Gasteiger partial charge in [-0.3, -0.25) is 9.88 Å². The number of hydrogen-bond donors (Lipinski definition) is 1. The highest BCUT2D eigenvalue weighted by molar-refractivity contribution is 5.79. The predicted octanol–water partition coefficient (Wildman–Crippen LogP) is 3.42. The van der Waals surface area contributed by atoms with E-state index in [9.17, 15) is 0 Å². The topological polar surface area (TPSA) is 46.0 Å². The third-order valence-electron chi connectivity index (χ3n) is 6.73. The lowest BCUT2D eigenvalue weighted by Crippen LogP contribution is -2.36. The number of nitrogens with one attached hydrogen (secondary N) is 1. The number of aryl methyl sites for hydroxylation is 2. The van der Waals surface area contributed by atoms with Crippen LogP contribution in [0.5, 0.6) is 0 Å². The summed E-state index contributed by atoms with van der Waals surface area (Å²) >= 11 is 0. The first-order chi connectivity index (χ1) is 13.6. The minimum Gasteiger partial charge on any atom is -0.337 e. The van der Waals surface area contributed by atoms with E-state index < -0.39 is 0 Å². The van der Waals surface area contributed by atoms with Crippen molar-refractivity contribution in [3.05, 3.63) is 59.8 Å². The van der Waals surface area contributed by atoms with Gasteiger partial charge in [0.05, 0.1) is 12.1 Å². The van der Waals surface area contributed by atoms with Gasteiger partial charge in [0.2, 0.25) is 0 Å². The Morgan fingerprint density at radius 3 is 2.82 bits per heavy atom. The Morgan fingerprint density at radius 1 is 1.18 bits per heavy atom. The molecule has 1 atom stereocenters. The molecule has 5 nitrogen and oxygen atoms in total. The number of nitrogens with zero attached hydrogens (tertiary/aromatic N) is 4. The largest absolute Gasteiger partial charge is 0.337 e. The number of piperidine rings is 1. The lowest BCUT2D eigenvalue weighted by atomic mass is 9.93. The summed E-state index contributed by atoms with van der Waals surface area (Å²) in [4.78, 5) is 11.9. The highest BCUT2D eigenvalue weighted by Gasteiger charge is 2.56. The Labute approximate surface area is 166 Å². The quantitative estimate of drug-likeness (QED) is 0.742. The first-order valence-electron chi connectivity index (χ1n) is 10.4. The van der Waals surface area contributed by atoms with E-state index in [1.165, 1.54) is 30.2 Å². The van der Waals surface area contributed by atoms with Crippen LogP contribution < -0.4 is 5.32 Å². The van der Waals surface area contributed by atoms with Crippen molar-refractivity contribution in [2.45, 2.75) is 45.3 Å². The molecule has 28 heavy (non-hydrogen) atoms. The molecule has 0 amide bonds. The minimum absolute atomic E-state index is 0.520.